The number of aliphatic hydroxyl groups is 3. The molecule has 1 aliphatic carbocycles. The van der Waals surface area contributed by atoms with E-state index < -0.39 is 24.2 Å². The average Bonchev–Trinajstić information content (AvgIpc) is 3.41. The number of aliphatic hydroxyl groups excluding tert-OH is 3. The molecule has 4 rings (SSSR count). The highest BCUT2D eigenvalue weighted by atomic mass is 127. The highest BCUT2D eigenvalue weighted by molar-refractivity contribution is 14.1. The molecule has 0 radical (unpaired) electrons. The lowest BCUT2D eigenvalue weighted by Gasteiger charge is -2.40. The molecule has 41 heavy (non-hydrogen) atoms. The number of rotatable bonds is 12. The molecule has 0 aliphatic heterocycles. The van der Waals surface area contributed by atoms with Crippen molar-refractivity contribution in [3.63, 3.8) is 0 Å². The summed E-state index contributed by atoms with van der Waals surface area (Å²) in [6.07, 6.45) is 0.307. The van der Waals surface area contributed by atoms with Crippen molar-refractivity contribution >= 4 is 45.3 Å². The second kappa shape index (κ2) is 14.2. The fourth-order valence-corrected chi connectivity index (χ4v) is 5.88. The fourth-order valence-electron chi connectivity index (χ4n) is 5.08. The van der Waals surface area contributed by atoms with E-state index in [1.54, 1.807) is 30.0 Å². The second-order valence-electron chi connectivity index (χ2n) is 9.86. The van der Waals surface area contributed by atoms with Gasteiger partial charge in [-0.05, 0) is 63.9 Å². The number of halogens is 1. The standard InChI is InChI=1S/C30H36IN3O7/c1-3-27(37)34(10-8-21-14-19-6-4-5-7-23(19)33-21)24-15-20(30(39)32-9-11-35)16-25(28(24)38)41-29-22(31)12-18(17-36)13-26(29)40-2/h4-7,12-14,16,24-25,28,33,35-36,38H,3,8-11,15,17H2,1-2H3,(H,32,39)/t24-,25+,28+/m1/s1. The Hall–Kier alpha value is -3.13. The predicted molar refractivity (Wildman–Crippen MR) is 163 cm³/mol. The molecule has 0 spiro atoms. The van der Waals surface area contributed by atoms with E-state index in [0.717, 1.165) is 16.6 Å². The topological polar surface area (TPSA) is 144 Å². The third-order valence-corrected chi connectivity index (χ3v) is 7.97. The van der Waals surface area contributed by atoms with Crippen LogP contribution in [0.5, 0.6) is 11.5 Å². The SMILES string of the molecule is CCC(=O)N(CCc1cc2ccccc2[nH]1)[C@@H]1CC(C(=O)NCCO)=C[C@H](Oc2c(I)cc(CO)cc2OC)[C@H]1O. The Balaban J connectivity index is 1.65. The Kier molecular flexibility index (Phi) is 10.6. The highest BCUT2D eigenvalue weighted by Crippen LogP contribution is 2.37. The molecule has 2 aromatic carbocycles. The number of nitrogens with zero attached hydrogens (tertiary/aromatic N) is 1. The third kappa shape index (κ3) is 7.21. The van der Waals surface area contributed by atoms with E-state index in [2.05, 4.69) is 32.9 Å². The number of fused-ring (bicyclic) bond motifs is 1. The van der Waals surface area contributed by atoms with Gasteiger partial charge in [0.25, 0.3) is 0 Å². The minimum Gasteiger partial charge on any atom is -0.493 e. The number of amides is 2. The molecule has 220 valence electrons. The van der Waals surface area contributed by atoms with Gasteiger partial charge in [0.05, 0.1) is 29.9 Å². The van der Waals surface area contributed by atoms with Gasteiger partial charge in [0.15, 0.2) is 11.5 Å². The number of carbonyl (C=O) groups excluding carboxylic acids is 2. The zero-order valence-corrected chi connectivity index (χ0v) is 25.3. The monoisotopic (exact) mass is 677 g/mol. The van der Waals surface area contributed by atoms with Gasteiger partial charge in [-0.3, -0.25) is 9.59 Å². The van der Waals surface area contributed by atoms with Gasteiger partial charge in [0.2, 0.25) is 11.8 Å². The minimum atomic E-state index is -1.15. The number of H-pyrrole nitrogens is 1. The molecule has 1 heterocycles. The van der Waals surface area contributed by atoms with Crippen LogP contribution >= 0.6 is 22.6 Å². The van der Waals surface area contributed by atoms with Crippen LogP contribution in [-0.4, -0.2) is 82.1 Å². The van der Waals surface area contributed by atoms with Crippen molar-refractivity contribution < 1.29 is 34.4 Å². The largest absolute Gasteiger partial charge is 0.493 e. The molecule has 0 bridgehead atoms. The first-order valence-corrected chi connectivity index (χ1v) is 14.6. The molecule has 3 aromatic rings. The Morgan fingerprint density at radius 1 is 1.20 bits per heavy atom. The molecular weight excluding hydrogens is 641 g/mol. The van der Waals surface area contributed by atoms with Crippen LogP contribution in [0, 0.1) is 3.57 Å². The molecule has 0 unspecified atom stereocenters. The number of ether oxygens (including phenoxy) is 2. The van der Waals surface area contributed by atoms with Crippen molar-refractivity contribution in [2.75, 3.05) is 26.8 Å². The zero-order valence-electron chi connectivity index (χ0n) is 23.1. The Labute approximate surface area is 252 Å². The highest BCUT2D eigenvalue weighted by Gasteiger charge is 2.40. The Bertz CT molecular complexity index is 1370. The lowest BCUT2D eigenvalue weighted by Crippen LogP contribution is -2.55. The van der Waals surface area contributed by atoms with E-state index in [-0.39, 0.29) is 38.5 Å². The minimum absolute atomic E-state index is 0.0707. The van der Waals surface area contributed by atoms with Crippen molar-refractivity contribution in [1.29, 1.82) is 0 Å². The number of aromatic nitrogens is 1. The van der Waals surface area contributed by atoms with E-state index in [1.165, 1.54) is 7.11 Å². The number of aromatic amines is 1. The van der Waals surface area contributed by atoms with Gasteiger partial charge in [-0.15, -0.1) is 0 Å². The quantitative estimate of drug-likeness (QED) is 0.186. The van der Waals surface area contributed by atoms with Gasteiger partial charge >= 0.3 is 0 Å². The molecule has 5 N–H and O–H groups in total. The maximum Gasteiger partial charge on any atom is 0.247 e. The zero-order chi connectivity index (χ0) is 29.5. The number of para-hydroxylation sites is 1. The van der Waals surface area contributed by atoms with Crippen LogP contribution in [0.4, 0.5) is 0 Å². The lowest BCUT2D eigenvalue weighted by atomic mass is 9.87. The average molecular weight is 678 g/mol. The van der Waals surface area contributed by atoms with Crippen molar-refractivity contribution in [3.8, 4) is 11.5 Å². The summed E-state index contributed by atoms with van der Waals surface area (Å²) in [5.74, 6) is 0.171. The summed E-state index contributed by atoms with van der Waals surface area (Å²) in [5.41, 5.74) is 2.94. The molecule has 0 saturated carbocycles. The number of methoxy groups -OCH3 is 1. The summed E-state index contributed by atoms with van der Waals surface area (Å²) in [6, 6.07) is 12.6. The predicted octanol–water partition coefficient (Wildman–Crippen LogP) is 2.67. The van der Waals surface area contributed by atoms with Gasteiger partial charge in [-0.1, -0.05) is 25.1 Å². The van der Waals surface area contributed by atoms with Gasteiger partial charge in [-0.2, -0.15) is 0 Å². The van der Waals surface area contributed by atoms with Gasteiger partial charge in [0, 0.05) is 49.1 Å². The number of benzene rings is 2. The van der Waals surface area contributed by atoms with Crippen molar-refractivity contribution in [2.45, 2.75) is 51.0 Å². The van der Waals surface area contributed by atoms with Crippen LogP contribution in [0.2, 0.25) is 0 Å². The number of carbonyl (C=O) groups is 2. The molecular formula is C30H36IN3O7. The number of hydrogen-bond donors (Lipinski definition) is 5. The molecule has 11 heteroatoms. The van der Waals surface area contributed by atoms with E-state index in [4.69, 9.17) is 9.47 Å². The molecule has 1 aliphatic rings. The van der Waals surface area contributed by atoms with E-state index >= 15 is 0 Å². The molecule has 0 fully saturated rings. The smallest absolute Gasteiger partial charge is 0.247 e. The molecule has 1 aromatic heterocycles. The number of nitrogens with one attached hydrogen (secondary N) is 2. The van der Waals surface area contributed by atoms with Crippen molar-refractivity contribution in [1.82, 2.24) is 15.2 Å². The summed E-state index contributed by atoms with van der Waals surface area (Å²) in [4.78, 5) is 31.3. The van der Waals surface area contributed by atoms with Gasteiger partial charge in [0.1, 0.15) is 12.2 Å². The van der Waals surface area contributed by atoms with Gasteiger partial charge in [-0.25, -0.2) is 0 Å². The molecule has 0 saturated heterocycles. The van der Waals surface area contributed by atoms with Crippen LogP contribution in [0.15, 0.2) is 54.1 Å². The van der Waals surface area contributed by atoms with Crippen LogP contribution in [0.25, 0.3) is 10.9 Å². The number of hydrogen-bond acceptors (Lipinski definition) is 7. The van der Waals surface area contributed by atoms with E-state index in [0.29, 0.717) is 39.2 Å². The maximum absolute atomic E-state index is 13.3. The van der Waals surface area contributed by atoms with Crippen molar-refractivity contribution in [3.05, 3.63) is 68.9 Å². The summed E-state index contributed by atoms with van der Waals surface area (Å²) in [6.45, 7) is 1.76. The first-order valence-electron chi connectivity index (χ1n) is 13.6. The normalized spacial score (nSPS) is 18.6. The third-order valence-electron chi connectivity index (χ3n) is 7.17. The maximum atomic E-state index is 13.3. The van der Waals surface area contributed by atoms with E-state index in [9.17, 15) is 24.9 Å². The fraction of sp³-hybridized carbons (Fsp3) is 0.400. The molecule has 3 atom stereocenters. The lowest BCUT2D eigenvalue weighted by molar-refractivity contribution is -0.138. The Morgan fingerprint density at radius 2 is 1.98 bits per heavy atom. The summed E-state index contributed by atoms with van der Waals surface area (Å²) in [5, 5.41) is 34.2. The summed E-state index contributed by atoms with van der Waals surface area (Å²) in [7, 11) is 1.48. The van der Waals surface area contributed by atoms with Crippen molar-refractivity contribution in [2.24, 2.45) is 0 Å². The second-order valence-corrected chi connectivity index (χ2v) is 11.0. The van der Waals surface area contributed by atoms with Crippen LogP contribution in [0.1, 0.15) is 31.0 Å². The Morgan fingerprint density at radius 3 is 2.66 bits per heavy atom. The van der Waals surface area contributed by atoms with Crippen LogP contribution < -0.4 is 14.8 Å². The first-order chi connectivity index (χ1) is 19.8. The summed E-state index contributed by atoms with van der Waals surface area (Å²) >= 11 is 2.07. The van der Waals surface area contributed by atoms with Gasteiger partial charge < -0.3 is 40.0 Å². The van der Waals surface area contributed by atoms with E-state index in [1.807, 2.05) is 30.3 Å². The summed E-state index contributed by atoms with van der Waals surface area (Å²) < 4.78 is 12.4. The van der Waals surface area contributed by atoms with Crippen LogP contribution in [-0.2, 0) is 22.6 Å². The molecule has 2 amide bonds. The van der Waals surface area contributed by atoms with Crippen LogP contribution in [0.3, 0.4) is 0 Å². The first kappa shape index (κ1) is 30.8. The molecule has 10 nitrogen and oxygen atoms in total.